The molecule has 0 aromatic heterocycles. The van der Waals surface area contributed by atoms with Crippen molar-refractivity contribution in [1.82, 2.24) is 4.90 Å². The lowest BCUT2D eigenvalue weighted by Crippen LogP contribution is -2.33. The lowest BCUT2D eigenvalue weighted by molar-refractivity contribution is -0.128. The van der Waals surface area contributed by atoms with Crippen molar-refractivity contribution in [2.45, 2.75) is 31.4 Å². The summed E-state index contributed by atoms with van der Waals surface area (Å²) in [4.78, 5) is 19.0. The van der Waals surface area contributed by atoms with Gasteiger partial charge in [-0.15, -0.1) is 0 Å². The Hall–Kier alpha value is -0.940. The van der Waals surface area contributed by atoms with Gasteiger partial charge in [0.1, 0.15) is 4.38 Å². The Labute approximate surface area is 134 Å². The van der Waals surface area contributed by atoms with Crippen molar-refractivity contribution in [3.63, 3.8) is 0 Å². The molecule has 0 radical (unpaired) electrons. The Morgan fingerprint density at radius 3 is 2.76 bits per heavy atom. The number of fused-ring (bicyclic) bond motifs is 1. The molecule has 21 heavy (non-hydrogen) atoms. The molecule has 1 saturated heterocycles. The van der Waals surface area contributed by atoms with Gasteiger partial charge in [-0.1, -0.05) is 54.6 Å². The van der Waals surface area contributed by atoms with Crippen molar-refractivity contribution in [2.24, 2.45) is 4.99 Å². The predicted octanol–water partition coefficient (Wildman–Crippen LogP) is 4.06. The molecule has 2 aliphatic heterocycles. The van der Waals surface area contributed by atoms with Crippen LogP contribution >= 0.6 is 23.5 Å². The van der Waals surface area contributed by atoms with Crippen molar-refractivity contribution in [2.75, 3.05) is 18.8 Å². The lowest BCUT2D eigenvalue weighted by Gasteiger charge is -2.20. The van der Waals surface area contributed by atoms with E-state index >= 15 is 0 Å². The quantitative estimate of drug-likeness (QED) is 0.824. The molecule has 0 saturated carbocycles. The number of hydrogen-bond donors (Lipinski definition) is 0. The largest absolute Gasteiger partial charge is 0.342 e. The number of likely N-dealkylation sites (tertiary alicyclic amines) is 1. The van der Waals surface area contributed by atoms with Crippen LogP contribution in [-0.4, -0.2) is 34.0 Å². The van der Waals surface area contributed by atoms with Crippen LogP contribution in [0.3, 0.4) is 0 Å². The summed E-state index contributed by atoms with van der Waals surface area (Å²) >= 11 is 3.33. The van der Waals surface area contributed by atoms with Gasteiger partial charge < -0.3 is 4.90 Å². The van der Waals surface area contributed by atoms with Crippen LogP contribution in [0.4, 0.5) is 5.69 Å². The fraction of sp³-hybridized carbons (Fsp3) is 0.500. The predicted molar refractivity (Wildman–Crippen MR) is 92.3 cm³/mol. The number of carbonyl (C=O) groups excluding carboxylic acids is 1. The molecule has 0 spiro atoms. The first-order valence-electron chi connectivity index (χ1n) is 7.53. The highest BCUT2D eigenvalue weighted by Gasteiger charge is 2.18. The minimum atomic E-state index is 0.268. The molecule has 1 aromatic rings. The first-order chi connectivity index (χ1) is 10.3. The van der Waals surface area contributed by atoms with E-state index in [2.05, 4.69) is 17.1 Å². The number of para-hydroxylation sites is 1. The molecule has 2 heterocycles. The van der Waals surface area contributed by atoms with Gasteiger partial charge in [0.25, 0.3) is 0 Å². The molecule has 0 atom stereocenters. The zero-order valence-electron chi connectivity index (χ0n) is 12.1. The standard InChI is InChI=1S/C16H20N2OS2/c19-15(18-9-5-1-2-6-10-18)12-21-16-17-14-8-4-3-7-13(14)11-20-16/h3-4,7-8H,1-2,5-6,9-12H2. The van der Waals surface area contributed by atoms with Crippen molar-refractivity contribution in [3.05, 3.63) is 29.8 Å². The minimum absolute atomic E-state index is 0.268. The average Bonchev–Trinajstić information content (AvgIpc) is 2.81. The SMILES string of the molecule is O=C(CSC1=Nc2ccccc2CS1)N1CCCCCC1. The van der Waals surface area contributed by atoms with Gasteiger partial charge in [0.2, 0.25) is 5.91 Å². The third kappa shape index (κ3) is 4.04. The molecule has 0 unspecified atom stereocenters. The van der Waals surface area contributed by atoms with Crippen LogP contribution in [0.25, 0.3) is 0 Å². The number of carbonyl (C=O) groups is 1. The molecule has 5 heteroatoms. The number of hydrogen-bond acceptors (Lipinski definition) is 4. The van der Waals surface area contributed by atoms with Crippen molar-refractivity contribution >= 4 is 39.5 Å². The topological polar surface area (TPSA) is 32.7 Å². The van der Waals surface area contributed by atoms with Gasteiger partial charge >= 0.3 is 0 Å². The molecule has 3 nitrogen and oxygen atoms in total. The molecule has 1 fully saturated rings. The van der Waals surface area contributed by atoms with Crippen molar-refractivity contribution < 1.29 is 4.79 Å². The smallest absolute Gasteiger partial charge is 0.233 e. The fourth-order valence-corrected chi connectivity index (χ4v) is 4.59. The summed E-state index contributed by atoms with van der Waals surface area (Å²) in [6, 6.07) is 8.24. The zero-order chi connectivity index (χ0) is 14.5. The fourth-order valence-electron chi connectivity index (χ4n) is 2.62. The van der Waals surface area contributed by atoms with E-state index in [1.54, 1.807) is 23.5 Å². The van der Waals surface area contributed by atoms with E-state index in [0.717, 1.165) is 41.7 Å². The summed E-state index contributed by atoms with van der Waals surface area (Å²) in [5.41, 5.74) is 2.34. The van der Waals surface area contributed by atoms with Gasteiger partial charge in [-0.25, -0.2) is 4.99 Å². The molecule has 1 amide bonds. The molecule has 112 valence electrons. The molecular weight excluding hydrogens is 300 g/mol. The van der Waals surface area contributed by atoms with Gasteiger partial charge in [-0.2, -0.15) is 0 Å². The number of thioether (sulfide) groups is 2. The van der Waals surface area contributed by atoms with Crippen LogP contribution in [0.15, 0.2) is 29.3 Å². The molecule has 3 rings (SSSR count). The normalized spacial score (nSPS) is 18.7. The molecule has 0 aliphatic carbocycles. The second-order valence-corrected chi connectivity index (χ2v) is 7.57. The lowest BCUT2D eigenvalue weighted by atomic mass is 10.2. The third-order valence-electron chi connectivity index (χ3n) is 3.83. The molecule has 1 aromatic carbocycles. The Bertz CT molecular complexity index is 537. The van der Waals surface area contributed by atoms with E-state index in [1.165, 1.54) is 18.4 Å². The van der Waals surface area contributed by atoms with Crippen LogP contribution in [0, 0.1) is 0 Å². The highest BCUT2D eigenvalue weighted by atomic mass is 32.2. The van der Waals surface area contributed by atoms with E-state index in [4.69, 9.17) is 0 Å². The first kappa shape index (κ1) is 15.0. The minimum Gasteiger partial charge on any atom is -0.342 e. The molecule has 2 aliphatic rings. The second-order valence-electron chi connectivity index (χ2n) is 5.38. The summed E-state index contributed by atoms with van der Waals surface area (Å²) in [6.07, 6.45) is 4.82. The summed E-state index contributed by atoms with van der Waals surface area (Å²) in [7, 11) is 0. The maximum absolute atomic E-state index is 12.3. The van der Waals surface area contributed by atoms with Crippen LogP contribution in [0.5, 0.6) is 0 Å². The molecule has 0 bridgehead atoms. The van der Waals surface area contributed by atoms with Gasteiger partial charge in [0.15, 0.2) is 0 Å². The number of aliphatic imine (C=N–C) groups is 1. The third-order valence-corrected chi connectivity index (χ3v) is 6.06. The van der Waals surface area contributed by atoms with Gasteiger partial charge in [-0.05, 0) is 24.5 Å². The Kier molecular flexibility index (Phi) is 5.25. The Morgan fingerprint density at radius 2 is 1.95 bits per heavy atom. The maximum Gasteiger partial charge on any atom is 0.233 e. The number of benzene rings is 1. The maximum atomic E-state index is 12.3. The van der Waals surface area contributed by atoms with Gasteiger partial charge in [-0.3, -0.25) is 4.79 Å². The summed E-state index contributed by atoms with van der Waals surface area (Å²) in [5, 5.41) is 0. The Morgan fingerprint density at radius 1 is 1.19 bits per heavy atom. The van der Waals surface area contributed by atoms with Gasteiger partial charge in [0.05, 0.1) is 11.4 Å². The van der Waals surface area contributed by atoms with E-state index < -0.39 is 0 Å². The summed E-state index contributed by atoms with van der Waals surface area (Å²) in [6.45, 7) is 1.86. The van der Waals surface area contributed by atoms with Crippen molar-refractivity contribution in [3.8, 4) is 0 Å². The van der Waals surface area contributed by atoms with E-state index in [9.17, 15) is 4.79 Å². The van der Waals surface area contributed by atoms with Crippen molar-refractivity contribution in [1.29, 1.82) is 0 Å². The molecular formula is C16H20N2OS2. The van der Waals surface area contributed by atoms with Crippen LogP contribution in [0.1, 0.15) is 31.2 Å². The summed E-state index contributed by atoms with van der Waals surface area (Å²) in [5.74, 6) is 1.75. The highest BCUT2D eigenvalue weighted by Crippen LogP contribution is 2.34. The van der Waals surface area contributed by atoms with Gasteiger partial charge in [0, 0.05) is 18.8 Å². The monoisotopic (exact) mass is 320 g/mol. The second kappa shape index (κ2) is 7.36. The Balaban J connectivity index is 1.55. The van der Waals surface area contributed by atoms with Crippen LogP contribution in [-0.2, 0) is 10.5 Å². The average molecular weight is 320 g/mol. The first-order valence-corrected chi connectivity index (χ1v) is 9.50. The number of amides is 1. The van der Waals surface area contributed by atoms with E-state index in [0.29, 0.717) is 5.75 Å². The number of nitrogens with zero attached hydrogens (tertiary/aromatic N) is 2. The number of rotatable bonds is 2. The van der Waals surface area contributed by atoms with Crippen LogP contribution in [0.2, 0.25) is 0 Å². The highest BCUT2D eigenvalue weighted by molar-refractivity contribution is 8.38. The molecule has 0 N–H and O–H groups in total. The summed E-state index contributed by atoms with van der Waals surface area (Å²) < 4.78 is 1.02. The van der Waals surface area contributed by atoms with E-state index in [-0.39, 0.29) is 5.91 Å². The zero-order valence-corrected chi connectivity index (χ0v) is 13.7. The van der Waals surface area contributed by atoms with E-state index in [1.807, 2.05) is 17.0 Å². The van der Waals surface area contributed by atoms with Crippen LogP contribution < -0.4 is 0 Å².